The number of halogens is 1. The Morgan fingerprint density at radius 2 is 1.72 bits per heavy atom. The molecule has 3 rings (SSSR count). The molecule has 32 heavy (non-hydrogen) atoms. The second kappa shape index (κ2) is 10.9. The van der Waals surface area contributed by atoms with Crippen molar-refractivity contribution in [2.24, 2.45) is 0 Å². The van der Waals surface area contributed by atoms with E-state index >= 15 is 0 Å². The summed E-state index contributed by atoms with van der Waals surface area (Å²) in [6, 6.07) is 11.4. The van der Waals surface area contributed by atoms with Crippen LogP contribution < -0.4 is 10.6 Å². The van der Waals surface area contributed by atoms with Crippen LogP contribution in [0.3, 0.4) is 0 Å². The predicted molar refractivity (Wildman–Crippen MR) is 123 cm³/mol. The monoisotopic (exact) mass is 479 g/mol. The maximum Gasteiger partial charge on any atom is 0.243 e. The van der Waals surface area contributed by atoms with Crippen molar-refractivity contribution in [3.63, 3.8) is 0 Å². The van der Waals surface area contributed by atoms with Crippen LogP contribution in [0.1, 0.15) is 25.3 Å². The summed E-state index contributed by atoms with van der Waals surface area (Å²) >= 11 is 6.16. The van der Waals surface area contributed by atoms with E-state index in [1.165, 1.54) is 4.31 Å². The summed E-state index contributed by atoms with van der Waals surface area (Å²) in [5.74, 6) is -0.375. The Morgan fingerprint density at radius 3 is 2.38 bits per heavy atom. The van der Waals surface area contributed by atoms with Crippen LogP contribution in [-0.2, 0) is 30.8 Å². The van der Waals surface area contributed by atoms with Gasteiger partial charge < -0.3 is 15.4 Å². The minimum Gasteiger partial charge on any atom is -0.379 e. The van der Waals surface area contributed by atoms with Crippen molar-refractivity contribution in [3.8, 4) is 0 Å². The maximum atomic E-state index is 12.7. The number of hydrogen-bond donors (Lipinski definition) is 2. The average molecular weight is 480 g/mol. The molecule has 0 aromatic heterocycles. The molecule has 0 spiro atoms. The molecule has 172 valence electrons. The summed E-state index contributed by atoms with van der Waals surface area (Å²) in [5, 5.41) is 5.84. The summed E-state index contributed by atoms with van der Waals surface area (Å²) < 4.78 is 32.0. The lowest BCUT2D eigenvalue weighted by Gasteiger charge is -2.26. The molecule has 8 nitrogen and oxygen atoms in total. The molecule has 2 aromatic carbocycles. The van der Waals surface area contributed by atoms with Gasteiger partial charge in [0.25, 0.3) is 0 Å². The van der Waals surface area contributed by atoms with Gasteiger partial charge in [-0.15, -0.1) is 0 Å². The zero-order valence-electron chi connectivity index (χ0n) is 17.8. The summed E-state index contributed by atoms with van der Waals surface area (Å²) in [7, 11) is -3.54. The van der Waals surface area contributed by atoms with Crippen LogP contribution in [0.15, 0.2) is 47.4 Å². The Kier molecular flexibility index (Phi) is 8.25. The third-order valence-corrected chi connectivity index (χ3v) is 7.26. The highest BCUT2D eigenvalue weighted by molar-refractivity contribution is 7.89. The van der Waals surface area contributed by atoms with Crippen LogP contribution in [0.5, 0.6) is 0 Å². The van der Waals surface area contributed by atoms with Gasteiger partial charge in [0.15, 0.2) is 0 Å². The molecule has 1 saturated heterocycles. The Balaban J connectivity index is 1.57. The van der Waals surface area contributed by atoms with Gasteiger partial charge in [-0.25, -0.2) is 8.42 Å². The van der Waals surface area contributed by atoms with Gasteiger partial charge in [-0.1, -0.05) is 30.7 Å². The highest BCUT2D eigenvalue weighted by atomic mass is 35.5. The number of carbonyl (C=O) groups excluding carboxylic acids is 2. The number of aryl methyl sites for hydroxylation is 1. The highest BCUT2D eigenvalue weighted by Crippen LogP contribution is 2.26. The van der Waals surface area contributed by atoms with E-state index in [0.29, 0.717) is 55.5 Å². The third kappa shape index (κ3) is 6.29. The first kappa shape index (κ1) is 24.2. The van der Waals surface area contributed by atoms with Gasteiger partial charge >= 0.3 is 0 Å². The zero-order valence-corrected chi connectivity index (χ0v) is 19.3. The van der Waals surface area contributed by atoms with E-state index in [2.05, 4.69) is 10.6 Å². The van der Waals surface area contributed by atoms with Crippen molar-refractivity contribution in [1.82, 2.24) is 4.31 Å². The fourth-order valence-electron chi connectivity index (χ4n) is 3.18. The van der Waals surface area contributed by atoms with E-state index < -0.39 is 10.0 Å². The van der Waals surface area contributed by atoms with Gasteiger partial charge in [0.1, 0.15) is 0 Å². The second-order valence-corrected chi connectivity index (χ2v) is 9.65. The van der Waals surface area contributed by atoms with E-state index in [0.717, 1.165) is 5.56 Å². The molecule has 0 radical (unpaired) electrons. The average Bonchev–Trinajstić information content (AvgIpc) is 2.80. The standard InChI is InChI=1S/C22H26ClN3O5S/c1-2-21(27)24-17-6-9-19(23)20(15-17)25-22(28)10-5-16-3-7-18(8-4-16)32(29,30)26-11-13-31-14-12-26/h3-4,6-9,15H,2,5,10-14H2,1H3,(H,24,27)(H,25,28). The molecule has 0 aliphatic carbocycles. The van der Waals surface area contributed by atoms with Gasteiger partial charge in [-0.3, -0.25) is 9.59 Å². The topological polar surface area (TPSA) is 105 Å². The molecule has 1 aliphatic rings. The number of nitrogens with one attached hydrogen (secondary N) is 2. The van der Waals surface area contributed by atoms with Crippen LogP contribution in [0.25, 0.3) is 0 Å². The minimum absolute atomic E-state index is 0.135. The molecule has 1 fully saturated rings. The van der Waals surface area contributed by atoms with Crippen LogP contribution in [0.4, 0.5) is 11.4 Å². The van der Waals surface area contributed by atoms with E-state index in [-0.39, 0.29) is 23.1 Å². The number of nitrogens with zero attached hydrogens (tertiary/aromatic N) is 1. The predicted octanol–water partition coefficient (Wildman–Crippen LogP) is 3.28. The van der Waals surface area contributed by atoms with E-state index in [1.54, 1.807) is 49.4 Å². The van der Waals surface area contributed by atoms with Crippen LogP contribution >= 0.6 is 11.6 Å². The zero-order chi connectivity index (χ0) is 23.1. The van der Waals surface area contributed by atoms with Crippen molar-refractivity contribution in [1.29, 1.82) is 0 Å². The summed E-state index contributed by atoms with van der Waals surface area (Å²) in [5.41, 5.74) is 1.81. The SMILES string of the molecule is CCC(=O)Nc1ccc(Cl)c(NC(=O)CCc2ccc(S(=O)(=O)N3CCOCC3)cc2)c1. The van der Waals surface area contributed by atoms with Crippen molar-refractivity contribution in [2.45, 2.75) is 31.1 Å². The molecule has 2 aromatic rings. The molecule has 0 unspecified atom stereocenters. The third-order valence-electron chi connectivity index (χ3n) is 5.02. The lowest BCUT2D eigenvalue weighted by Crippen LogP contribution is -2.40. The number of amides is 2. The minimum atomic E-state index is -3.54. The molecule has 0 atom stereocenters. The molecule has 2 amide bonds. The largest absolute Gasteiger partial charge is 0.379 e. The lowest BCUT2D eigenvalue weighted by molar-refractivity contribution is -0.116. The van der Waals surface area contributed by atoms with Gasteiger partial charge in [-0.05, 0) is 42.3 Å². The molecule has 10 heteroatoms. The Labute approximate surface area is 192 Å². The number of sulfonamides is 1. The second-order valence-electron chi connectivity index (χ2n) is 7.30. The summed E-state index contributed by atoms with van der Waals surface area (Å²) in [4.78, 5) is 24.2. The van der Waals surface area contributed by atoms with Crippen LogP contribution in [0.2, 0.25) is 5.02 Å². The molecule has 2 N–H and O–H groups in total. The lowest BCUT2D eigenvalue weighted by atomic mass is 10.1. The van der Waals surface area contributed by atoms with Gasteiger partial charge in [0.05, 0.1) is 28.8 Å². The van der Waals surface area contributed by atoms with E-state index in [4.69, 9.17) is 16.3 Å². The van der Waals surface area contributed by atoms with E-state index in [9.17, 15) is 18.0 Å². The fraction of sp³-hybridized carbons (Fsp3) is 0.364. The first-order valence-electron chi connectivity index (χ1n) is 10.4. The first-order valence-corrected chi connectivity index (χ1v) is 12.2. The van der Waals surface area contributed by atoms with Crippen LogP contribution in [-0.4, -0.2) is 50.8 Å². The number of anilines is 2. The molecular formula is C22H26ClN3O5S. The normalized spacial score (nSPS) is 14.7. The van der Waals surface area contributed by atoms with Crippen LogP contribution in [0, 0.1) is 0 Å². The van der Waals surface area contributed by atoms with Gasteiger partial charge in [-0.2, -0.15) is 4.31 Å². The Morgan fingerprint density at radius 1 is 1.03 bits per heavy atom. The Bertz CT molecular complexity index is 1070. The summed E-state index contributed by atoms with van der Waals surface area (Å²) in [6.45, 7) is 3.22. The maximum absolute atomic E-state index is 12.7. The molecule has 0 saturated carbocycles. The number of carbonyl (C=O) groups is 2. The number of ether oxygens (including phenoxy) is 1. The van der Waals surface area contributed by atoms with Crippen molar-refractivity contribution in [3.05, 3.63) is 53.1 Å². The van der Waals surface area contributed by atoms with Gasteiger partial charge in [0.2, 0.25) is 21.8 Å². The summed E-state index contributed by atoms with van der Waals surface area (Å²) in [6.07, 6.45) is 0.974. The number of hydrogen-bond acceptors (Lipinski definition) is 5. The quantitative estimate of drug-likeness (QED) is 0.604. The van der Waals surface area contributed by atoms with Crippen molar-refractivity contribution < 1.29 is 22.7 Å². The molecule has 0 bridgehead atoms. The smallest absolute Gasteiger partial charge is 0.243 e. The van der Waals surface area contributed by atoms with E-state index in [1.807, 2.05) is 0 Å². The van der Waals surface area contributed by atoms with Crippen molar-refractivity contribution >= 4 is 44.8 Å². The number of benzene rings is 2. The number of morpholine rings is 1. The highest BCUT2D eigenvalue weighted by Gasteiger charge is 2.26. The molecule has 1 aliphatic heterocycles. The molecular weight excluding hydrogens is 454 g/mol. The fourth-order valence-corrected chi connectivity index (χ4v) is 4.76. The van der Waals surface area contributed by atoms with Crippen molar-refractivity contribution in [2.75, 3.05) is 36.9 Å². The molecule has 1 heterocycles. The van der Waals surface area contributed by atoms with Gasteiger partial charge in [0, 0.05) is 31.6 Å². The Hall–Kier alpha value is -2.46. The number of rotatable bonds is 8. The first-order chi connectivity index (χ1) is 15.3.